The van der Waals surface area contributed by atoms with Gasteiger partial charge in [0.2, 0.25) is 0 Å². The molecule has 1 aliphatic rings. The summed E-state index contributed by atoms with van der Waals surface area (Å²) in [6.45, 7) is 2.29. The third kappa shape index (κ3) is 2.66. The third-order valence-corrected chi connectivity index (χ3v) is 4.72. The van der Waals surface area contributed by atoms with Crippen LogP contribution in [0.4, 0.5) is 0 Å². The molecular formula is C22H24. The third-order valence-electron chi connectivity index (χ3n) is 4.72. The standard InChI is InChI=1S/C22H24/c1-2-18-22(19-12-6-3-7-13-19,20-14-8-4-9-15-20)21-16-10-5-11-17-21/h3-10,12-16H,2,11,17-18H2,1H3. The Bertz CT molecular complexity index is 607. The zero-order chi connectivity index (χ0) is 15.3. The van der Waals surface area contributed by atoms with Gasteiger partial charge in [0, 0.05) is 5.41 Å². The average molecular weight is 288 g/mol. The van der Waals surface area contributed by atoms with E-state index in [-0.39, 0.29) is 5.41 Å². The van der Waals surface area contributed by atoms with Gasteiger partial charge in [-0.25, -0.2) is 0 Å². The molecule has 0 fully saturated rings. The zero-order valence-electron chi connectivity index (χ0n) is 13.3. The smallest absolute Gasteiger partial charge is 0.0414 e. The summed E-state index contributed by atoms with van der Waals surface area (Å²) in [6.07, 6.45) is 11.5. The lowest BCUT2D eigenvalue weighted by Gasteiger charge is -2.38. The van der Waals surface area contributed by atoms with Gasteiger partial charge < -0.3 is 0 Å². The van der Waals surface area contributed by atoms with Crippen molar-refractivity contribution in [3.8, 4) is 0 Å². The number of benzene rings is 2. The molecular weight excluding hydrogens is 264 g/mol. The molecule has 0 heteroatoms. The van der Waals surface area contributed by atoms with Crippen molar-refractivity contribution in [2.75, 3.05) is 0 Å². The molecule has 0 saturated heterocycles. The molecule has 0 aromatic heterocycles. The van der Waals surface area contributed by atoms with E-state index in [0.717, 1.165) is 19.3 Å². The summed E-state index contributed by atoms with van der Waals surface area (Å²) in [6, 6.07) is 22.1. The number of hydrogen-bond acceptors (Lipinski definition) is 0. The molecule has 0 spiro atoms. The fraction of sp³-hybridized carbons (Fsp3) is 0.273. The van der Waals surface area contributed by atoms with Gasteiger partial charge in [0.15, 0.2) is 0 Å². The van der Waals surface area contributed by atoms with Gasteiger partial charge in [-0.3, -0.25) is 0 Å². The Morgan fingerprint density at radius 2 is 1.45 bits per heavy atom. The summed E-state index contributed by atoms with van der Waals surface area (Å²) in [5, 5.41) is 0. The molecule has 0 radical (unpaired) electrons. The Labute approximate surface area is 134 Å². The first-order valence-corrected chi connectivity index (χ1v) is 8.35. The molecule has 0 saturated carbocycles. The van der Waals surface area contributed by atoms with Gasteiger partial charge in [-0.2, -0.15) is 0 Å². The Balaban J connectivity index is 2.23. The second-order valence-electron chi connectivity index (χ2n) is 6.05. The minimum atomic E-state index is 0.0159. The van der Waals surface area contributed by atoms with E-state index in [1.54, 1.807) is 5.57 Å². The molecule has 0 atom stereocenters. The molecule has 0 unspecified atom stereocenters. The van der Waals surface area contributed by atoms with Crippen LogP contribution < -0.4 is 0 Å². The van der Waals surface area contributed by atoms with Gasteiger partial charge in [-0.05, 0) is 30.4 Å². The van der Waals surface area contributed by atoms with Gasteiger partial charge in [0.1, 0.15) is 0 Å². The Hall–Kier alpha value is -2.08. The van der Waals surface area contributed by atoms with Crippen molar-refractivity contribution in [1.29, 1.82) is 0 Å². The molecule has 0 heterocycles. The molecule has 2 aromatic carbocycles. The highest BCUT2D eigenvalue weighted by molar-refractivity contribution is 5.50. The molecule has 112 valence electrons. The minimum absolute atomic E-state index is 0.0159. The second-order valence-corrected chi connectivity index (χ2v) is 6.05. The van der Waals surface area contributed by atoms with Crippen LogP contribution in [0.5, 0.6) is 0 Å². The fourth-order valence-corrected chi connectivity index (χ4v) is 3.77. The van der Waals surface area contributed by atoms with E-state index in [0.29, 0.717) is 0 Å². The average Bonchev–Trinajstić information content (AvgIpc) is 2.62. The molecule has 1 aliphatic carbocycles. The van der Waals surface area contributed by atoms with Crippen LogP contribution in [0, 0.1) is 0 Å². The van der Waals surface area contributed by atoms with Crippen molar-refractivity contribution < 1.29 is 0 Å². The van der Waals surface area contributed by atoms with Crippen LogP contribution in [0.3, 0.4) is 0 Å². The van der Waals surface area contributed by atoms with Crippen LogP contribution in [0.25, 0.3) is 0 Å². The van der Waals surface area contributed by atoms with Crippen LogP contribution >= 0.6 is 0 Å². The predicted octanol–water partition coefficient (Wildman–Crippen LogP) is 6.05. The quantitative estimate of drug-likeness (QED) is 0.628. The second kappa shape index (κ2) is 6.79. The lowest BCUT2D eigenvalue weighted by molar-refractivity contribution is 0.519. The summed E-state index contributed by atoms with van der Waals surface area (Å²) in [5.74, 6) is 0. The normalized spacial score (nSPS) is 14.7. The molecule has 0 bridgehead atoms. The largest absolute Gasteiger partial charge is 0.0842 e. The first-order valence-electron chi connectivity index (χ1n) is 8.35. The van der Waals surface area contributed by atoms with Crippen molar-refractivity contribution >= 4 is 0 Å². The first-order chi connectivity index (χ1) is 10.9. The number of allylic oxidation sites excluding steroid dienone is 4. The van der Waals surface area contributed by atoms with E-state index in [9.17, 15) is 0 Å². The maximum absolute atomic E-state index is 2.35. The predicted molar refractivity (Wildman–Crippen MR) is 95.0 cm³/mol. The van der Waals surface area contributed by atoms with E-state index in [1.807, 2.05) is 0 Å². The van der Waals surface area contributed by atoms with Crippen molar-refractivity contribution in [1.82, 2.24) is 0 Å². The summed E-state index contributed by atoms with van der Waals surface area (Å²) < 4.78 is 0. The highest BCUT2D eigenvalue weighted by Gasteiger charge is 2.36. The first kappa shape index (κ1) is 14.8. The number of hydrogen-bond donors (Lipinski definition) is 0. The van der Waals surface area contributed by atoms with Crippen LogP contribution in [0.2, 0.25) is 0 Å². The Kier molecular flexibility index (Phi) is 4.58. The SMILES string of the molecule is CCCC(C1=CC=CCC1)(c1ccccc1)c1ccccc1. The van der Waals surface area contributed by atoms with Crippen LogP contribution in [-0.2, 0) is 5.41 Å². The van der Waals surface area contributed by atoms with Crippen LogP contribution in [-0.4, -0.2) is 0 Å². The molecule has 2 aromatic rings. The molecule has 0 N–H and O–H groups in total. The molecule has 0 aliphatic heterocycles. The van der Waals surface area contributed by atoms with Gasteiger partial charge in [0.25, 0.3) is 0 Å². The Morgan fingerprint density at radius 3 is 1.91 bits per heavy atom. The highest BCUT2D eigenvalue weighted by Crippen LogP contribution is 2.45. The van der Waals surface area contributed by atoms with Crippen LogP contribution in [0.1, 0.15) is 43.7 Å². The maximum Gasteiger partial charge on any atom is 0.0414 e. The van der Waals surface area contributed by atoms with Gasteiger partial charge in [0.05, 0.1) is 0 Å². The van der Waals surface area contributed by atoms with Crippen molar-refractivity contribution in [2.24, 2.45) is 0 Å². The van der Waals surface area contributed by atoms with Gasteiger partial charge >= 0.3 is 0 Å². The highest BCUT2D eigenvalue weighted by atomic mass is 14.4. The van der Waals surface area contributed by atoms with Gasteiger partial charge in [-0.15, -0.1) is 0 Å². The Morgan fingerprint density at radius 1 is 0.864 bits per heavy atom. The zero-order valence-corrected chi connectivity index (χ0v) is 13.3. The summed E-state index contributed by atoms with van der Waals surface area (Å²) >= 11 is 0. The topological polar surface area (TPSA) is 0 Å². The van der Waals surface area contributed by atoms with E-state index < -0.39 is 0 Å². The molecule has 3 rings (SSSR count). The van der Waals surface area contributed by atoms with E-state index in [1.165, 1.54) is 17.5 Å². The summed E-state index contributed by atoms with van der Waals surface area (Å²) in [4.78, 5) is 0. The fourth-order valence-electron chi connectivity index (χ4n) is 3.77. The minimum Gasteiger partial charge on any atom is -0.0842 e. The molecule has 0 amide bonds. The van der Waals surface area contributed by atoms with E-state index in [4.69, 9.17) is 0 Å². The van der Waals surface area contributed by atoms with Crippen molar-refractivity contribution in [2.45, 2.75) is 38.0 Å². The molecule has 0 nitrogen and oxygen atoms in total. The van der Waals surface area contributed by atoms with E-state index >= 15 is 0 Å². The summed E-state index contributed by atoms with van der Waals surface area (Å²) in [5.41, 5.74) is 4.41. The number of rotatable bonds is 5. The lowest BCUT2D eigenvalue weighted by atomic mass is 9.64. The lowest BCUT2D eigenvalue weighted by Crippen LogP contribution is -2.30. The monoisotopic (exact) mass is 288 g/mol. The van der Waals surface area contributed by atoms with Crippen molar-refractivity contribution in [3.63, 3.8) is 0 Å². The summed E-state index contributed by atoms with van der Waals surface area (Å²) in [7, 11) is 0. The molecule has 22 heavy (non-hydrogen) atoms. The van der Waals surface area contributed by atoms with Gasteiger partial charge in [-0.1, -0.05) is 97.8 Å². The van der Waals surface area contributed by atoms with Crippen molar-refractivity contribution in [3.05, 3.63) is 95.6 Å². The maximum atomic E-state index is 2.35. The van der Waals surface area contributed by atoms with Crippen LogP contribution in [0.15, 0.2) is 84.5 Å². The van der Waals surface area contributed by atoms with E-state index in [2.05, 4.69) is 85.8 Å².